The SMILES string of the molecule is C(#Cc1ccccc1)c1ccccc1.CC.CC.CC#CC.CC#CC. The molecular weight excluding hydrogens is 312 g/mol. The molecule has 0 atom stereocenters. The first-order valence-corrected chi connectivity index (χ1v) is 9.07. The highest BCUT2D eigenvalue weighted by Gasteiger charge is 1.83. The Hall–Kier alpha value is -2.88. The monoisotopic (exact) mass is 346 g/mol. The van der Waals surface area contributed by atoms with E-state index in [4.69, 9.17) is 0 Å². The molecule has 0 N–H and O–H groups in total. The van der Waals surface area contributed by atoms with Crippen molar-refractivity contribution in [1.82, 2.24) is 0 Å². The maximum absolute atomic E-state index is 3.11. The summed E-state index contributed by atoms with van der Waals surface area (Å²) < 4.78 is 0. The predicted octanol–water partition coefficient (Wildman–Crippen LogP) is 7.20. The summed E-state index contributed by atoms with van der Waals surface area (Å²) in [5.74, 6) is 16.9. The summed E-state index contributed by atoms with van der Waals surface area (Å²) in [7, 11) is 0. The van der Waals surface area contributed by atoms with Gasteiger partial charge < -0.3 is 0 Å². The average molecular weight is 347 g/mol. The Bertz CT molecular complexity index is 602. The largest absolute Gasteiger partial charge is 0.107 e. The molecule has 2 rings (SSSR count). The molecule has 2 aromatic carbocycles. The smallest absolute Gasteiger partial charge is 0.0249 e. The topological polar surface area (TPSA) is 0 Å². The van der Waals surface area contributed by atoms with Crippen LogP contribution in [0.15, 0.2) is 60.7 Å². The van der Waals surface area contributed by atoms with Crippen molar-refractivity contribution in [2.75, 3.05) is 0 Å². The molecule has 0 aliphatic heterocycles. The van der Waals surface area contributed by atoms with Crippen LogP contribution in [0.2, 0.25) is 0 Å². The summed E-state index contributed by atoms with van der Waals surface area (Å²) in [5, 5.41) is 0. The predicted molar refractivity (Wildman–Crippen MR) is 120 cm³/mol. The van der Waals surface area contributed by atoms with Crippen molar-refractivity contribution in [3.05, 3.63) is 71.8 Å². The minimum atomic E-state index is 1.05. The molecule has 0 aromatic heterocycles. The minimum absolute atomic E-state index is 1.05. The molecule has 26 heavy (non-hydrogen) atoms. The average Bonchev–Trinajstić information content (AvgIpc) is 2.77. The van der Waals surface area contributed by atoms with E-state index in [1.807, 2.05) is 116 Å². The Morgan fingerprint density at radius 1 is 0.423 bits per heavy atom. The molecule has 138 valence electrons. The number of hydrogen-bond donors (Lipinski definition) is 0. The second kappa shape index (κ2) is 27.0. The molecule has 0 radical (unpaired) electrons. The van der Waals surface area contributed by atoms with Crippen LogP contribution >= 0.6 is 0 Å². The molecule has 0 bridgehead atoms. The second-order valence-electron chi connectivity index (χ2n) is 3.98. The highest BCUT2D eigenvalue weighted by Crippen LogP contribution is 1.98. The fourth-order valence-electron chi connectivity index (χ4n) is 1.19. The summed E-state index contributed by atoms with van der Waals surface area (Å²) in [4.78, 5) is 0. The molecule has 0 fully saturated rings. The molecule has 0 aliphatic rings. The number of hydrogen-bond acceptors (Lipinski definition) is 0. The van der Waals surface area contributed by atoms with Crippen LogP contribution < -0.4 is 0 Å². The molecule has 0 aliphatic carbocycles. The normalized spacial score (nSPS) is 6.31. The Morgan fingerprint density at radius 3 is 0.846 bits per heavy atom. The Kier molecular flexibility index (Phi) is 29.0. The van der Waals surface area contributed by atoms with Crippen molar-refractivity contribution in [3.63, 3.8) is 0 Å². The highest BCUT2D eigenvalue weighted by molar-refractivity contribution is 5.42. The summed E-state index contributed by atoms with van der Waals surface area (Å²) in [6, 6.07) is 20.0. The van der Waals surface area contributed by atoms with E-state index in [1.54, 1.807) is 0 Å². The van der Waals surface area contributed by atoms with Crippen LogP contribution in [-0.2, 0) is 0 Å². The van der Waals surface area contributed by atoms with Crippen molar-refractivity contribution in [2.45, 2.75) is 55.4 Å². The van der Waals surface area contributed by atoms with Gasteiger partial charge in [0.1, 0.15) is 0 Å². The fourth-order valence-corrected chi connectivity index (χ4v) is 1.19. The van der Waals surface area contributed by atoms with Gasteiger partial charge in [0.25, 0.3) is 0 Å². The minimum Gasteiger partial charge on any atom is -0.107 e. The van der Waals surface area contributed by atoms with Crippen molar-refractivity contribution >= 4 is 0 Å². The van der Waals surface area contributed by atoms with Gasteiger partial charge in [0.05, 0.1) is 0 Å². The van der Waals surface area contributed by atoms with Crippen LogP contribution in [0.1, 0.15) is 66.5 Å². The lowest BCUT2D eigenvalue weighted by atomic mass is 10.2. The Balaban J connectivity index is -0.000000369. The fraction of sp³-hybridized carbons (Fsp3) is 0.308. The Morgan fingerprint density at radius 2 is 0.654 bits per heavy atom. The van der Waals surface area contributed by atoms with Crippen LogP contribution in [0.3, 0.4) is 0 Å². The first-order valence-electron chi connectivity index (χ1n) is 9.07. The van der Waals surface area contributed by atoms with Crippen molar-refractivity contribution in [2.24, 2.45) is 0 Å². The van der Waals surface area contributed by atoms with Gasteiger partial charge >= 0.3 is 0 Å². The van der Waals surface area contributed by atoms with Crippen molar-refractivity contribution in [3.8, 4) is 35.5 Å². The number of benzene rings is 2. The second-order valence-corrected chi connectivity index (χ2v) is 3.98. The molecule has 0 unspecified atom stereocenters. The van der Waals surface area contributed by atoms with Crippen molar-refractivity contribution in [1.29, 1.82) is 0 Å². The van der Waals surface area contributed by atoms with E-state index in [9.17, 15) is 0 Å². The van der Waals surface area contributed by atoms with Gasteiger partial charge in [-0.15, -0.1) is 23.7 Å². The lowest BCUT2D eigenvalue weighted by molar-refractivity contribution is 1.50. The molecule has 0 spiro atoms. The standard InChI is InChI=1S/C14H10.2C4H6.2C2H6/c1-3-7-13(8-4-1)11-12-14-9-5-2-6-10-14;2*1-3-4-2;2*1-2/h1-10H;2*1-2H3;2*1-2H3. The van der Waals surface area contributed by atoms with E-state index in [0.717, 1.165) is 11.1 Å². The quantitative estimate of drug-likeness (QED) is 0.442. The van der Waals surface area contributed by atoms with E-state index in [0.29, 0.717) is 0 Å². The molecular formula is C26H34. The summed E-state index contributed by atoms with van der Waals surface area (Å²) in [5.41, 5.74) is 2.10. The van der Waals surface area contributed by atoms with Gasteiger partial charge in [-0.3, -0.25) is 0 Å². The molecule has 0 saturated carbocycles. The molecule has 0 heterocycles. The molecule has 0 heteroatoms. The molecule has 0 amide bonds. The van der Waals surface area contributed by atoms with Gasteiger partial charge in [-0.25, -0.2) is 0 Å². The van der Waals surface area contributed by atoms with Crippen LogP contribution in [0.25, 0.3) is 0 Å². The summed E-state index contributed by atoms with van der Waals surface area (Å²) in [6.45, 7) is 15.3. The van der Waals surface area contributed by atoms with Crippen LogP contribution in [0.5, 0.6) is 0 Å². The van der Waals surface area contributed by atoms with Gasteiger partial charge in [0.2, 0.25) is 0 Å². The van der Waals surface area contributed by atoms with Gasteiger partial charge in [0, 0.05) is 11.1 Å². The zero-order valence-electron chi connectivity index (χ0n) is 17.8. The Labute approximate surface area is 163 Å². The van der Waals surface area contributed by atoms with E-state index in [1.165, 1.54) is 0 Å². The van der Waals surface area contributed by atoms with E-state index < -0.39 is 0 Å². The maximum atomic E-state index is 3.11. The lowest BCUT2D eigenvalue weighted by Crippen LogP contribution is -1.73. The van der Waals surface area contributed by atoms with Crippen LogP contribution in [0, 0.1) is 35.5 Å². The summed E-state index contributed by atoms with van der Waals surface area (Å²) in [6.07, 6.45) is 0. The maximum Gasteiger partial charge on any atom is 0.0249 e. The first-order chi connectivity index (χ1) is 12.8. The zero-order valence-corrected chi connectivity index (χ0v) is 17.8. The highest BCUT2D eigenvalue weighted by atomic mass is 13.9. The van der Waals surface area contributed by atoms with Gasteiger partial charge in [0.15, 0.2) is 0 Å². The van der Waals surface area contributed by atoms with Crippen LogP contribution in [0.4, 0.5) is 0 Å². The number of rotatable bonds is 0. The molecule has 0 saturated heterocycles. The third-order valence-corrected chi connectivity index (χ3v) is 2.40. The molecule has 0 nitrogen and oxygen atoms in total. The van der Waals surface area contributed by atoms with Crippen LogP contribution in [-0.4, -0.2) is 0 Å². The lowest BCUT2D eigenvalue weighted by Gasteiger charge is -1.88. The summed E-state index contributed by atoms with van der Waals surface area (Å²) >= 11 is 0. The molecule has 2 aromatic rings. The van der Waals surface area contributed by atoms with E-state index in [-0.39, 0.29) is 0 Å². The van der Waals surface area contributed by atoms with Gasteiger partial charge in [-0.05, 0) is 52.0 Å². The van der Waals surface area contributed by atoms with E-state index >= 15 is 0 Å². The van der Waals surface area contributed by atoms with Gasteiger partial charge in [-0.1, -0.05) is 75.9 Å². The van der Waals surface area contributed by atoms with E-state index in [2.05, 4.69) is 35.5 Å². The first kappa shape index (κ1) is 27.9. The van der Waals surface area contributed by atoms with Crippen molar-refractivity contribution < 1.29 is 0 Å². The zero-order chi connectivity index (χ0) is 20.5. The third-order valence-electron chi connectivity index (χ3n) is 2.40. The van der Waals surface area contributed by atoms with Gasteiger partial charge in [-0.2, -0.15) is 0 Å². The third kappa shape index (κ3) is 21.1.